The average Bonchev–Trinajstić information content (AvgIpc) is 3.16. The Labute approximate surface area is 172 Å². The summed E-state index contributed by atoms with van der Waals surface area (Å²) in [5.41, 5.74) is 3.63. The molecule has 0 saturated heterocycles. The third-order valence-corrected chi connectivity index (χ3v) is 6.34. The Morgan fingerprint density at radius 1 is 1.03 bits per heavy atom. The van der Waals surface area contributed by atoms with Gasteiger partial charge in [0.1, 0.15) is 11.6 Å². The number of nitrogens with one attached hydrogen (secondary N) is 1. The SMILES string of the molecule is O=C(CNS(=O)(=O)c1c(F)cccc1F)N1CCc2cc(-c3ccncc3)ccc21. The van der Waals surface area contributed by atoms with Gasteiger partial charge in [0, 0.05) is 24.6 Å². The lowest BCUT2D eigenvalue weighted by Gasteiger charge is -2.18. The van der Waals surface area contributed by atoms with E-state index < -0.39 is 39.0 Å². The van der Waals surface area contributed by atoms with E-state index in [2.05, 4.69) is 4.98 Å². The molecule has 0 atom stereocenters. The molecule has 1 N–H and O–H groups in total. The molecule has 1 amide bonds. The number of benzene rings is 2. The molecule has 1 aromatic heterocycles. The van der Waals surface area contributed by atoms with Crippen molar-refractivity contribution in [3.8, 4) is 11.1 Å². The van der Waals surface area contributed by atoms with Crippen molar-refractivity contribution in [2.45, 2.75) is 11.3 Å². The molecule has 2 aromatic carbocycles. The molecule has 154 valence electrons. The van der Waals surface area contributed by atoms with Gasteiger partial charge in [-0.3, -0.25) is 9.78 Å². The molecule has 1 aliphatic heterocycles. The van der Waals surface area contributed by atoms with E-state index >= 15 is 0 Å². The Kier molecular flexibility index (Phi) is 5.31. The highest BCUT2D eigenvalue weighted by molar-refractivity contribution is 7.89. The molecule has 6 nitrogen and oxygen atoms in total. The summed E-state index contributed by atoms with van der Waals surface area (Å²) in [6.45, 7) is -0.217. The van der Waals surface area contributed by atoms with Gasteiger partial charge in [-0.15, -0.1) is 0 Å². The number of aromatic nitrogens is 1. The molecule has 9 heteroatoms. The van der Waals surface area contributed by atoms with Crippen molar-refractivity contribution in [3.05, 3.63) is 78.1 Å². The molecular formula is C21H17F2N3O3S. The first kappa shape index (κ1) is 20.1. The maximum atomic E-state index is 13.8. The van der Waals surface area contributed by atoms with Gasteiger partial charge in [0.15, 0.2) is 4.90 Å². The summed E-state index contributed by atoms with van der Waals surface area (Å²) in [5.74, 6) is -2.94. The highest BCUT2D eigenvalue weighted by Crippen LogP contribution is 2.32. The average molecular weight is 429 g/mol. The molecule has 4 rings (SSSR count). The normalized spacial score (nSPS) is 13.3. The number of amides is 1. The van der Waals surface area contributed by atoms with Crippen molar-refractivity contribution in [1.29, 1.82) is 0 Å². The van der Waals surface area contributed by atoms with Crippen molar-refractivity contribution in [1.82, 2.24) is 9.71 Å². The van der Waals surface area contributed by atoms with E-state index in [0.717, 1.165) is 34.9 Å². The quantitative estimate of drug-likeness (QED) is 0.677. The van der Waals surface area contributed by atoms with Crippen LogP contribution >= 0.6 is 0 Å². The summed E-state index contributed by atoms with van der Waals surface area (Å²) in [6.07, 6.45) is 4.01. The van der Waals surface area contributed by atoms with Crippen molar-refractivity contribution in [3.63, 3.8) is 0 Å². The van der Waals surface area contributed by atoms with Crippen LogP contribution in [-0.4, -0.2) is 32.4 Å². The maximum Gasteiger partial charge on any atom is 0.246 e. The molecule has 0 radical (unpaired) electrons. The molecule has 0 unspecified atom stereocenters. The van der Waals surface area contributed by atoms with Gasteiger partial charge >= 0.3 is 0 Å². The fourth-order valence-electron chi connectivity index (χ4n) is 3.45. The number of nitrogens with zero attached hydrogens (tertiary/aromatic N) is 2. The van der Waals surface area contributed by atoms with E-state index in [1.807, 2.05) is 29.0 Å². The second-order valence-corrected chi connectivity index (χ2v) is 8.45. The Hall–Kier alpha value is -3.17. The highest BCUT2D eigenvalue weighted by Gasteiger charge is 2.28. The molecule has 0 aliphatic carbocycles. The second-order valence-electron chi connectivity index (χ2n) is 6.75. The highest BCUT2D eigenvalue weighted by atomic mass is 32.2. The lowest BCUT2D eigenvalue weighted by Crippen LogP contribution is -2.39. The van der Waals surface area contributed by atoms with Crippen molar-refractivity contribution in [2.75, 3.05) is 18.0 Å². The van der Waals surface area contributed by atoms with Crippen molar-refractivity contribution >= 4 is 21.6 Å². The largest absolute Gasteiger partial charge is 0.311 e. The van der Waals surface area contributed by atoms with Crippen LogP contribution in [0.1, 0.15) is 5.56 Å². The predicted octanol–water partition coefficient (Wildman–Crippen LogP) is 2.89. The molecule has 30 heavy (non-hydrogen) atoms. The van der Waals surface area contributed by atoms with Crippen molar-refractivity contribution < 1.29 is 22.0 Å². The fraction of sp³-hybridized carbons (Fsp3) is 0.143. The van der Waals surface area contributed by atoms with Gasteiger partial charge < -0.3 is 4.90 Å². The lowest BCUT2D eigenvalue weighted by molar-refractivity contribution is -0.117. The van der Waals surface area contributed by atoms with Gasteiger partial charge in [0.05, 0.1) is 6.54 Å². The van der Waals surface area contributed by atoms with Crippen LogP contribution in [0.4, 0.5) is 14.5 Å². The Morgan fingerprint density at radius 3 is 2.43 bits per heavy atom. The summed E-state index contributed by atoms with van der Waals surface area (Å²) in [5, 5.41) is 0. The molecule has 0 spiro atoms. The summed E-state index contributed by atoms with van der Waals surface area (Å²) in [6, 6.07) is 12.2. The Bertz CT molecular complexity index is 1200. The first-order valence-electron chi connectivity index (χ1n) is 9.14. The number of carbonyl (C=O) groups is 1. The molecule has 0 saturated carbocycles. The molecule has 0 fully saturated rings. The van der Waals surface area contributed by atoms with Crippen LogP contribution in [-0.2, 0) is 21.2 Å². The molecular weight excluding hydrogens is 412 g/mol. The zero-order valence-electron chi connectivity index (χ0n) is 15.7. The van der Waals surface area contributed by atoms with E-state index in [0.29, 0.717) is 18.7 Å². The van der Waals surface area contributed by atoms with Crippen LogP contribution in [0.25, 0.3) is 11.1 Å². The number of rotatable bonds is 5. The number of hydrogen-bond donors (Lipinski definition) is 1. The predicted molar refractivity (Wildman–Crippen MR) is 107 cm³/mol. The standard InChI is InChI=1S/C21H17F2N3O3S/c22-17-2-1-3-18(23)21(17)30(28,29)25-13-20(27)26-11-8-16-12-15(4-5-19(16)26)14-6-9-24-10-7-14/h1-7,9-10,12,25H,8,11,13H2. The zero-order valence-corrected chi connectivity index (χ0v) is 16.5. The third kappa shape index (κ3) is 3.81. The second kappa shape index (κ2) is 7.92. The van der Waals surface area contributed by atoms with Crippen LogP contribution in [0.2, 0.25) is 0 Å². The van der Waals surface area contributed by atoms with E-state index in [1.165, 1.54) is 4.90 Å². The van der Waals surface area contributed by atoms with Gasteiger partial charge in [-0.1, -0.05) is 12.1 Å². The first-order chi connectivity index (χ1) is 14.4. The van der Waals surface area contributed by atoms with Gasteiger partial charge in [-0.25, -0.2) is 21.9 Å². The van der Waals surface area contributed by atoms with Crippen LogP contribution in [0.3, 0.4) is 0 Å². The van der Waals surface area contributed by atoms with E-state index in [9.17, 15) is 22.0 Å². The van der Waals surface area contributed by atoms with Gasteiger partial charge in [0.25, 0.3) is 0 Å². The van der Waals surface area contributed by atoms with Gasteiger partial charge in [-0.2, -0.15) is 0 Å². The topological polar surface area (TPSA) is 79.4 Å². The number of halogens is 2. The summed E-state index contributed by atoms with van der Waals surface area (Å²) in [4.78, 5) is 17.0. The maximum absolute atomic E-state index is 13.8. The van der Waals surface area contributed by atoms with Crippen LogP contribution < -0.4 is 9.62 Å². The first-order valence-corrected chi connectivity index (χ1v) is 10.6. The van der Waals surface area contributed by atoms with Crippen LogP contribution in [0.15, 0.2) is 65.8 Å². The fourth-order valence-corrected chi connectivity index (χ4v) is 4.56. The number of sulfonamides is 1. The number of fused-ring (bicyclic) bond motifs is 1. The molecule has 0 bridgehead atoms. The molecule has 2 heterocycles. The number of carbonyl (C=O) groups excluding carboxylic acids is 1. The van der Waals surface area contributed by atoms with Gasteiger partial charge in [0.2, 0.25) is 15.9 Å². The van der Waals surface area contributed by atoms with E-state index in [-0.39, 0.29) is 0 Å². The molecule has 3 aromatic rings. The van der Waals surface area contributed by atoms with Gasteiger partial charge in [-0.05, 0) is 59.5 Å². The number of hydrogen-bond acceptors (Lipinski definition) is 4. The Balaban J connectivity index is 1.50. The zero-order chi connectivity index (χ0) is 21.3. The van der Waals surface area contributed by atoms with E-state index in [4.69, 9.17) is 0 Å². The third-order valence-electron chi connectivity index (χ3n) is 4.89. The number of anilines is 1. The van der Waals surface area contributed by atoms with Crippen LogP contribution in [0, 0.1) is 11.6 Å². The smallest absolute Gasteiger partial charge is 0.246 e. The minimum absolute atomic E-state index is 0.393. The van der Waals surface area contributed by atoms with Crippen LogP contribution in [0.5, 0.6) is 0 Å². The van der Waals surface area contributed by atoms with Crippen molar-refractivity contribution in [2.24, 2.45) is 0 Å². The summed E-state index contributed by atoms with van der Waals surface area (Å²) >= 11 is 0. The minimum Gasteiger partial charge on any atom is -0.311 e. The monoisotopic (exact) mass is 429 g/mol. The minimum atomic E-state index is -4.52. The lowest BCUT2D eigenvalue weighted by atomic mass is 10.0. The summed E-state index contributed by atoms with van der Waals surface area (Å²) in [7, 11) is -4.52. The summed E-state index contributed by atoms with van der Waals surface area (Å²) < 4.78 is 54.1. The Morgan fingerprint density at radius 2 is 1.73 bits per heavy atom. The van der Waals surface area contributed by atoms with E-state index in [1.54, 1.807) is 18.5 Å². The number of pyridine rings is 1. The molecule has 1 aliphatic rings.